The molecule has 3 heterocycles. The maximum atomic E-state index is 13.1. The number of carbonyl (C=O) groups is 2. The molecule has 9 heteroatoms. The van der Waals surface area contributed by atoms with Crippen LogP contribution in [0.5, 0.6) is 5.75 Å². The predicted molar refractivity (Wildman–Crippen MR) is 104 cm³/mol. The van der Waals surface area contributed by atoms with Crippen LogP contribution in [0.15, 0.2) is 24.3 Å². The molecule has 164 valence electrons. The summed E-state index contributed by atoms with van der Waals surface area (Å²) < 4.78 is 34.6. The van der Waals surface area contributed by atoms with E-state index in [1.54, 1.807) is 11.0 Å². The standard InChI is InChI=1S/C21H27F2N3O4/c22-20(23)30-17-3-1-2-16(14-17)18(27)26-7-5-21(15-26)4-6-25(19(21)28)9-8-24-10-12-29-13-11-24/h1-3,14,20H,4-13,15H2. The van der Waals surface area contributed by atoms with Crippen molar-refractivity contribution in [2.24, 2.45) is 5.41 Å². The number of amides is 2. The summed E-state index contributed by atoms with van der Waals surface area (Å²) in [4.78, 5) is 31.9. The first-order valence-corrected chi connectivity index (χ1v) is 10.4. The lowest BCUT2D eigenvalue weighted by Crippen LogP contribution is -2.43. The fourth-order valence-electron chi connectivity index (χ4n) is 4.61. The lowest BCUT2D eigenvalue weighted by molar-refractivity contribution is -0.135. The van der Waals surface area contributed by atoms with Crippen LogP contribution >= 0.6 is 0 Å². The summed E-state index contributed by atoms with van der Waals surface area (Å²) in [5.74, 6) is -0.178. The van der Waals surface area contributed by atoms with Crippen molar-refractivity contribution in [3.05, 3.63) is 29.8 Å². The molecule has 1 aromatic rings. The van der Waals surface area contributed by atoms with E-state index in [0.717, 1.165) is 39.3 Å². The van der Waals surface area contributed by atoms with E-state index in [-0.39, 0.29) is 17.6 Å². The van der Waals surface area contributed by atoms with Crippen LogP contribution in [0.2, 0.25) is 0 Å². The van der Waals surface area contributed by atoms with E-state index in [1.165, 1.54) is 18.2 Å². The Balaban J connectivity index is 1.35. The van der Waals surface area contributed by atoms with Gasteiger partial charge in [-0.2, -0.15) is 8.78 Å². The molecule has 2 amide bonds. The van der Waals surface area contributed by atoms with E-state index >= 15 is 0 Å². The second kappa shape index (κ2) is 8.85. The number of morpholine rings is 1. The minimum absolute atomic E-state index is 0.0454. The van der Waals surface area contributed by atoms with E-state index in [4.69, 9.17) is 4.74 Å². The Morgan fingerprint density at radius 3 is 2.67 bits per heavy atom. The minimum Gasteiger partial charge on any atom is -0.435 e. The van der Waals surface area contributed by atoms with Gasteiger partial charge in [-0.15, -0.1) is 0 Å². The molecule has 3 saturated heterocycles. The molecule has 0 aromatic heterocycles. The summed E-state index contributed by atoms with van der Waals surface area (Å²) in [5, 5.41) is 0. The van der Waals surface area contributed by atoms with Crippen molar-refractivity contribution in [2.45, 2.75) is 19.5 Å². The zero-order chi connectivity index (χ0) is 21.1. The molecule has 0 saturated carbocycles. The Hall–Kier alpha value is -2.26. The van der Waals surface area contributed by atoms with Gasteiger partial charge in [-0.05, 0) is 31.0 Å². The minimum atomic E-state index is -2.94. The average Bonchev–Trinajstić information content (AvgIpc) is 3.31. The summed E-state index contributed by atoms with van der Waals surface area (Å²) in [5.41, 5.74) is -0.225. The van der Waals surface area contributed by atoms with Crippen molar-refractivity contribution in [1.29, 1.82) is 0 Å². The molecular weight excluding hydrogens is 396 g/mol. The summed E-state index contributed by atoms with van der Waals surface area (Å²) in [6, 6.07) is 5.81. The maximum Gasteiger partial charge on any atom is 0.387 e. The van der Waals surface area contributed by atoms with Crippen molar-refractivity contribution in [1.82, 2.24) is 14.7 Å². The monoisotopic (exact) mass is 423 g/mol. The Morgan fingerprint density at radius 2 is 1.90 bits per heavy atom. The molecule has 1 unspecified atom stereocenters. The van der Waals surface area contributed by atoms with Gasteiger partial charge in [0.15, 0.2) is 0 Å². The van der Waals surface area contributed by atoms with Crippen LogP contribution < -0.4 is 4.74 Å². The molecule has 1 spiro atoms. The number of nitrogens with zero attached hydrogens (tertiary/aromatic N) is 3. The first kappa shape index (κ1) is 21.0. The van der Waals surface area contributed by atoms with Gasteiger partial charge in [0.05, 0.1) is 18.6 Å². The van der Waals surface area contributed by atoms with Crippen LogP contribution in [0.3, 0.4) is 0 Å². The second-order valence-corrected chi connectivity index (χ2v) is 8.16. The van der Waals surface area contributed by atoms with Gasteiger partial charge in [0, 0.05) is 51.4 Å². The topological polar surface area (TPSA) is 62.3 Å². The van der Waals surface area contributed by atoms with Gasteiger partial charge < -0.3 is 19.3 Å². The molecule has 0 N–H and O–H groups in total. The van der Waals surface area contributed by atoms with Gasteiger partial charge in [-0.25, -0.2) is 0 Å². The number of ether oxygens (including phenoxy) is 2. The fourth-order valence-corrected chi connectivity index (χ4v) is 4.61. The number of benzene rings is 1. The number of likely N-dealkylation sites (tertiary alicyclic amines) is 2. The van der Waals surface area contributed by atoms with E-state index in [1.807, 2.05) is 4.90 Å². The van der Waals surface area contributed by atoms with E-state index < -0.39 is 12.0 Å². The molecule has 30 heavy (non-hydrogen) atoms. The molecule has 7 nitrogen and oxygen atoms in total. The van der Waals surface area contributed by atoms with Crippen LogP contribution in [0.25, 0.3) is 0 Å². The number of halogens is 2. The van der Waals surface area contributed by atoms with Gasteiger partial charge in [0.1, 0.15) is 5.75 Å². The molecule has 0 bridgehead atoms. The summed E-state index contributed by atoms with van der Waals surface area (Å²) in [6.07, 6.45) is 1.38. The normalized spacial score (nSPS) is 25.0. The van der Waals surface area contributed by atoms with Crippen LogP contribution in [-0.2, 0) is 9.53 Å². The predicted octanol–water partition coefficient (Wildman–Crippen LogP) is 1.68. The van der Waals surface area contributed by atoms with Gasteiger partial charge in [-0.1, -0.05) is 6.07 Å². The first-order chi connectivity index (χ1) is 14.5. The molecule has 0 radical (unpaired) electrons. The zero-order valence-electron chi connectivity index (χ0n) is 16.9. The van der Waals surface area contributed by atoms with Crippen LogP contribution in [0, 0.1) is 5.41 Å². The Labute approximate surface area is 174 Å². The van der Waals surface area contributed by atoms with Crippen molar-refractivity contribution in [2.75, 3.05) is 59.0 Å². The van der Waals surface area contributed by atoms with E-state index in [2.05, 4.69) is 9.64 Å². The molecule has 3 aliphatic rings. The molecule has 1 atom stereocenters. The number of hydrogen-bond acceptors (Lipinski definition) is 5. The van der Waals surface area contributed by atoms with Gasteiger partial charge >= 0.3 is 6.61 Å². The third-order valence-electron chi connectivity index (χ3n) is 6.34. The molecule has 3 fully saturated rings. The fraction of sp³-hybridized carbons (Fsp3) is 0.619. The van der Waals surface area contributed by atoms with Crippen molar-refractivity contribution in [3.8, 4) is 5.75 Å². The first-order valence-electron chi connectivity index (χ1n) is 10.4. The number of rotatable bonds is 6. The van der Waals surface area contributed by atoms with Crippen molar-refractivity contribution in [3.63, 3.8) is 0 Å². The smallest absolute Gasteiger partial charge is 0.387 e. The molecule has 0 aliphatic carbocycles. The second-order valence-electron chi connectivity index (χ2n) is 8.16. The number of alkyl halides is 2. The van der Waals surface area contributed by atoms with Crippen LogP contribution in [0.1, 0.15) is 23.2 Å². The highest BCUT2D eigenvalue weighted by atomic mass is 19.3. The maximum absolute atomic E-state index is 13.1. The molecule has 1 aromatic carbocycles. The van der Waals surface area contributed by atoms with Crippen molar-refractivity contribution < 1.29 is 27.8 Å². The van der Waals surface area contributed by atoms with Gasteiger partial charge in [0.2, 0.25) is 5.91 Å². The Morgan fingerprint density at radius 1 is 1.13 bits per heavy atom. The van der Waals surface area contributed by atoms with Crippen molar-refractivity contribution >= 4 is 11.8 Å². The third-order valence-corrected chi connectivity index (χ3v) is 6.34. The highest BCUT2D eigenvalue weighted by molar-refractivity contribution is 5.96. The highest BCUT2D eigenvalue weighted by Crippen LogP contribution is 2.41. The Bertz CT molecular complexity index is 787. The lowest BCUT2D eigenvalue weighted by atomic mass is 9.85. The zero-order valence-corrected chi connectivity index (χ0v) is 16.9. The summed E-state index contributed by atoms with van der Waals surface area (Å²) in [7, 11) is 0. The lowest BCUT2D eigenvalue weighted by Gasteiger charge is -2.29. The van der Waals surface area contributed by atoms with E-state index in [0.29, 0.717) is 38.2 Å². The molecule has 3 aliphatic heterocycles. The molecular formula is C21H27F2N3O4. The Kier molecular flexibility index (Phi) is 6.19. The van der Waals surface area contributed by atoms with Crippen LogP contribution in [-0.4, -0.2) is 92.2 Å². The molecule has 4 rings (SSSR count). The number of hydrogen-bond donors (Lipinski definition) is 0. The quantitative estimate of drug-likeness (QED) is 0.697. The average molecular weight is 423 g/mol. The van der Waals surface area contributed by atoms with E-state index in [9.17, 15) is 18.4 Å². The third kappa shape index (κ3) is 4.41. The van der Waals surface area contributed by atoms with Gasteiger partial charge in [0.25, 0.3) is 5.91 Å². The largest absolute Gasteiger partial charge is 0.435 e. The number of carbonyl (C=O) groups excluding carboxylic acids is 2. The highest BCUT2D eigenvalue weighted by Gasteiger charge is 2.51. The van der Waals surface area contributed by atoms with Crippen LogP contribution in [0.4, 0.5) is 8.78 Å². The van der Waals surface area contributed by atoms with Gasteiger partial charge in [-0.3, -0.25) is 14.5 Å². The summed E-state index contributed by atoms with van der Waals surface area (Å²) in [6.45, 7) is 3.42. The summed E-state index contributed by atoms with van der Waals surface area (Å²) >= 11 is 0. The SMILES string of the molecule is O=C(c1cccc(OC(F)F)c1)N1CCC2(CCN(CCN3CCOCC3)C2=O)C1.